The Hall–Kier alpha value is -4.12. The molecule has 0 saturated carbocycles. The van der Waals surface area contributed by atoms with Gasteiger partial charge in [0.2, 0.25) is 5.91 Å². The molecule has 1 aliphatic heterocycles. The van der Waals surface area contributed by atoms with Gasteiger partial charge in [0.1, 0.15) is 5.82 Å². The topological polar surface area (TPSA) is 124 Å². The van der Waals surface area contributed by atoms with Gasteiger partial charge in [-0.1, -0.05) is 12.1 Å². The van der Waals surface area contributed by atoms with Crippen LogP contribution in [0, 0.1) is 0 Å². The smallest absolute Gasteiger partial charge is 0.269 e. The van der Waals surface area contributed by atoms with E-state index in [1.165, 1.54) is 12.1 Å². The van der Waals surface area contributed by atoms with Crippen LogP contribution in [-0.4, -0.2) is 71.7 Å². The summed E-state index contributed by atoms with van der Waals surface area (Å²) >= 11 is 0. The maximum Gasteiger partial charge on any atom is 0.269 e. The Morgan fingerprint density at radius 2 is 1.81 bits per heavy atom. The lowest BCUT2D eigenvalue weighted by molar-refractivity contribution is -0.137. The standard InChI is InChI=1S/C25H29N5O6/c1-3-35-21-14-17(8-9-20(21)36-16-24(32)30-10-12-34-13-11-30)25(33)28-27-23(31)15-22-26-18-6-4-5-7-19(18)29(22)2/h4-9,14H,3,10-13,15-16H2,1-2H3,(H,27,31)(H,28,33). The number of rotatable bonds is 8. The second-order valence-corrected chi connectivity index (χ2v) is 8.13. The minimum absolute atomic E-state index is 0.000392. The number of morpholine rings is 1. The van der Waals surface area contributed by atoms with Crippen LogP contribution in [0.4, 0.5) is 0 Å². The molecular formula is C25H29N5O6. The average molecular weight is 496 g/mol. The highest BCUT2D eigenvalue weighted by molar-refractivity contribution is 5.96. The molecule has 3 aromatic rings. The van der Waals surface area contributed by atoms with Crippen molar-refractivity contribution in [2.24, 2.45) is 7.05 Å². The van der Waals surface area contributed by atoms with E-state index in [1.54, 1.807) is 17.9 Å². The predicted octanol–water partition coefficient (Wildman–Crippen LogP) is 1.21. The van der Waals surface area contributed by atoms with Crippen molar-refractivity contribution in [1.29, 1.82) is 0 Å². The van der Waals surface area contributed by atoms with E-state index in [-0.39, 0.29) is 24.5 Å². The number of hydrazine groups is 1. The van der Waals surface area contributed by atoms with Crippen molar-refractivity contribution in [3.05, 3.63) is 53.9 Å². The Kier molecular flexibility index (Phi) is 8.01. The second kappa shape index (κ2) is 11.5. The van der Waals surface area contributed by atoms with Crippen LogP contribution in [0.2, 0.25) is 0 Å². The lowest BCUT2D eigenvalue weighted by Crippen LogP contribution is -2.43. The fraction of sp³-hybridized carbons (Fsp3) is 0.360. The molecule has 0 bridgehead atoms. The third-order valence-electron chi connectivity index (χ3n) is 5.73. The minimum atomic E-state index is -0.523. The molecule has 0 atom stereocenters. The zero-order valence-corrected chi connectivity index (χ0v) is 20.3. The predicted molar refractivity (Wildman–Crippen MR) is 131 cm³/mol. The van der Waals surface area contributed by atoms with Crippen molar-refractivity contribution >= 4 is 28.8 Å². The lowest BCUT2D eigenvalue weighted by Gasteiger charge is -2.26. The first-order valence-electron chi connectivity index (χ1n) is 11.7. The monoisotopic (exact) mass is 495 g/mol. The number of imidazole rings is 1. The Bertz CT molecular complexity index is 1250. The SMILES string of the molecule is CCOc1cc(C(=O)NNC(=O)Cc2nc3ccccc3n2C)ccc1OCC(=O)N1CCOCC1. The van der Waals surface area contributed by atoms with E-state index in [1.807, 2.05) is 35.9 Å². The number of nitrogens with zero attached hydrogens (tertiary/aromatic N) is 3. The molecule has 4 rings (SSSR count). The van der Waals surface area contributed by atoms with E-state index in [0.717, 1.165) is 11.0 Å². The van der Waals surface area contributed by atoms with Gasteiger partial charge in [-0.3, -0.25) is 25.2 Å². The summed E-state index contributed by atoms with van der Waals surface area (Å²) < 4.78 is 18.4. The molecular weight excluding hydrogens is 466 g/mol. The molecule has 36 heavy (non-hydrogen) atoms. The summed E-state index contributed by atoms with van der Waals surface area (Å²) in [5.74, 6) is 0.172. The fourth-order valence-electron chi connectivity index (χ4n) is 3.82. The maximum absolute atomic E-state index is 12.6. The van der Waals surface area contributed by atoms with Crippen molar-refractivity contribution in [3.63, 3.8) is 0 Å². The van der Waals surface area contributed by atoms with Gasteiger partial charge < -0.3 is 23.7 Å². The minimum Gasteiger partial charge on any atom is -0.490 e. The number of amides is 3. The van der Waals surface area contributed by atoms with Crippen LogP contribution in [-0.2, 0) is 27.8 Å². The molecule has 190 valence electrons. The number of para-hydroxylation sites is 2. The van der Waals surface area contributed by atoms with E-state index in [0.29, 0.717) is 50.2 Å². The molecule has 0 spiro atoms. The van der Waals surface area contributed by atoms with Crippen molar-refractivity contribution < 1.29 is 28.6 Å². The first-order chi connectivity index (χ1) is 17.5. The quantitative estimate of drug-likeness (QED) is 0.450. The molecule has 2 N–H and O–H groups in total. The molecule has 0 aliphatic carbocycles. The summed E-state index contributed by atoms with van der Waals surface area (Å²) in [6.45, 7) is 4.07. The van der Waals surface area contributed by atoms with Crippen LogP contribution in [0.3, 0.4) is 0 Å². The van der Waals surface area contributed by atoms with Crippen LogP contribution in [0.5, 0.6) is 11.5 Å². The zero-order chi connectivity index (χ0) is 25.5. The summed E-state index contributed by atoms with van der Waals surface area (Å²) in [7, 11) is 1.84. The van der Waals surface area contributed by atoms with Crippen LogP contribution >= 0.6 is 0 Å². The van der Waals surface area contributed by atoms with Gasteiger partial charge in [0.15, 0.2) is 18.1 Å². The molecule has 0 radical (unpaired) electrons. The summed E-state index contributed by atoms with van der Waals surface area (Å²) in [6.07, 6.45) is -0.000392. The number of ether oxygens (including phenoxy) is 3. The highest BCUT2D eigenvalue weighted by atomic mass is 16.5. The molecule has 1 aliphatic rings. The van der Waals surface area contributed by atoms with E-state index < -0.39 is 11.8 Å². The molecule has 0 unspecified atom stereocenters. The number of benzene rings is 2. The van der Waals surface area contributed by atoms with Gasteiger partial charge in [-0.25, -0.2) is 4.98 Å². The first kappa shape index (κ1) is 25.0. The number of aromatic nitrogens is 2. The number of fused-ring (bicyclic) bond motifs is 1. The van der Waals surface area contributed by atoms with Gasteiger partial charge in [-0.2, -0.15) is 0 Å². The fourth-order valence-corrected chi connectivity index (χ4v) is 3.82. The molecule has 2 heterocycles. The Balaban J connectivity index is 1.34. The molecule has 1 aromatic heterocycles. The number of hydrogen-bond donors (Lipinski definition) is 2. The Morgan fingerprint density at radius 1 is 1.03 bits per heavy atom. The van der Waals surface area contributed by atoms with Gasteiger partial charge >= 0.3 is 0 Å². The van der Waals surface area contributed by atoms with Gasteiger partial charge in [0, 0.05) is 25.7 Å². The average Bonchev–Trinajstić information content (AvgIpc) is 3.21. The first-order valence-corrected chi connectivity index (χ1v) is 11.7. The summed E-state index contributed by atoms with van der Waals surface area (Å²) in [6, 6.07) is 12.2. The van der Waals surface area contributed by atoms with Crippen LogP contribution in [0.25, 0.3) is 11.0 Å². The van der Waals surface area contributed by atoms with Crippen LogP contribution < -0.4 is 20.3 Å². The van der Waals surface area contributed by atoms with E-state index in [9.17, 15) is 14.4 Å². The maximum atomic E-state index is 12.6. The molecule has 11 nitrogen and oxygen atoms in total. The van der Waals surface area contributed by atoms with Crippen LogP contribution in [0.15, 0.2) is 42.5 Å². The van der Waals surface area contributed by atoms with E-state index in [4.69, 9.17) is 14.2 Å². The molecule has 2 aromatic carbocycles. The number of carbonyl (C=O) groups excluding carboxylic acids is 3. The van der Waals surface area contributed by atoms with Crippen molar-refractivity contribution in [1.82, 2.24) is 25.3 Å². The Labute approximate surface area is 208 Å². The largest absolute Gasteiger partial charge is 0.490 e. The zero-order valence-electron chi connectivity index (χ0n) is 20.3. The number of nitrogens with one attached hydrogen (secondary N) is 2. The molecule has 1 saturated heterocycles. The normalized spacial score (nSPS) is 13.3. The van der Waals surface area contributed by atoms with Crippen molar-refractivity contribution in [2.45, 2.75) is 13.3 Å². The van der Waals surface area contributed by atoms with E-state index >= 15 is 0 Å². The third kappa shape index (κ3) is 5.92. The van der Waals surface area contributed by atoms with Crippen molar-refractivity contribution in [3.8, 4) is 11.5 Å². The van der Waals surface area contributed by atoms with E-state index in [2.05, 4.69) is 15.8 Å². The number of aryl methyl sites for hydroxylation is 1. The van der Waals surface area contributed by atoms with Crippen LogP contribution in [0.1, 0.15) is 23.1 Å². The Morgan fingerprint density at radius 3 is 2.56 bits per heavy atom. The number of carbonyl (C=O) groups is 3. The highest BCUT2D eigenvalue weighted by Gasteiger charge is 2.19. The summed E-state index contributed by atoms with van der Waals surface area (Å²) in [5, 5.41) is 0. The second-order valence-electron chi connectivity index (χ2n) is 8.13. The van der Waals surface area contributed by atoms with Gasteiger partial charge in [-0.15, -0.1) is 0 Å². The number of hydrogen-bond acceptors (Lipinski definition) is 7. The molecule has 1 fully saturated rings. The molecule has 3 amide bonds. The molecule has 11 heteroatoms. The summed E-state index contributed by atoms with van der Waals surface area (Å²) in [5.41, 5.74) is 6.80. The summed E-state index contributed by atoms with van der Waals surface area (Å²) in [4.78, 5) is 43.6. The van der Waals surface area contributed by atoms with Crippen molar-refractivity contribution in [2.75, 3.05) is 39.5 Å². The third-order valence-corrected chi connectivity index (χ3v) is 5.73. The van der Waals surface area contributed by atoms with Gasteiger partial charge in [-0.05, 0) is 37.3 Å². The highest BCUT2D eigenvalue weighted by Crippen LogP contribution is 2.28. The van der Waals surface area contributed by atoms with Gasteiger partial charge in [0.25, 0.3) is 11.8 Å². The lowest BCUT2D eigenvalue weighted by atomic mass is 10.2. The van der Waals surface area contributed by atoms with Gasteiger partial charge in [0.05, 0.1) is 37.3 Å².